The monoisotopic (exact) mass is 305 g/mol. The Bertz CT molecular complexity index is 599. The van der Waals surface area contributed by atoms with Crippen LogP contribution in [0.1, 0.15) is 25.2 Å². The van der Waals surface area contributed by atoms with Gasteiger partial charge in [0.2, 0.25) is 5.89 Å². The number of hydrogen-bond donors (Lipinski definition) is 1. The van der Waals surface area contributed by atoms with Crippen molar-refractivity contribution in [1.29, 1.82) is 0 Å². The minimum absolute atomic E-state index is 0.445. The maximum absolute atomic E-state index is 6.01. The summed E-state index contributed by atoms with van der Waals surface area (Å²) in [5, 5.41) is 0.699. The highest BCUT2D eigenvalue weighted by atomic mass is 35.5. The molecular formula is C16H20ClN3O. The van der Waals surface area contributed by atoms with Crippen LogP contribution in [0.4, 0.5) is 0 Å². The van der Waals surface area contributed by atoms with Crippen molar-refractivity contribution in [3.05, 3.63) is 41.4 Å². The molecule has 1 saturated heterocycles. The van der Waals surface area contributed by atoms with Crippen LogP contribution in [0, 0.1) is 0 Å². The minimum atomic E-state index is 0.445. The molecule has 2 heterocycles. The number of likely N-dealkylation sites (tertiary alicyclic amines) is 1. The lowest BCUT2D eigenvalue weighted by atomic mass is 10.0. The van der Waals surface area contributed by atoms with E-state index in [0.29, 0.717) is 17.6 Å². The van der Waals surface area contributed by atoms with Crippen LogP contribution in [0.2, 0.25) is 5.02 Å². The first-order chi connectivity index (χ1) is 10.3. The van der Waals surface area contributed by atoms with Crippen molar-refractivity contribution >= 4 is 11.6 Å². The topological polar surface area (TPSA) is 55.3 Å². The van der Waals surface area contributed by atoms with Gasteiger partial charge < -0.3 is 10.2 Å². The average Bonchev–Trinajstić information content (AvgIpc) is 2.96. The molecule has 0 aliphatic carbocycles. The molecule has 2 aromatic rings. The second kappa shape index (κ2) is 6.60. The van der Waals surface area contributed by atoms with Crippen molar-refractivity contribution in [3.8, 4) is 11.3 Å². The number of nitrogens with zero attached hydrogens (tertiary/aromatic N) is 2. The van der Waals surface area contributed by atoms with Gasteiger partial charge in [-0.25, -0.2) is 4.98 Å². The Labute approximate surface area is 129 Å². The van der Waals surface area contributed by atoms with Gasteiger partial charge in [0, 0.05) is 23.2 Å². The van der Waals surface area contributed by atoms with E-state index in [2.05, 4.69) is 9.88 Å². The Hall–Kier alpha value is -1.36. The molecule has 1 aliphatic heterocycles. The van der Waals surface area contributed by atoms with Gasteiger partial charge in [0.25, 0.3) is 0 Å². The Balaban J connectivity index is 1.73. The van der Waals surface area contributed by atoms with Gasteiger partial charge in [-0.2, -0.15) is 0 Å². The zero-order valence-electron chi connectivity index (χ0n) is 12.0. The van der Waals surface area contributed by atoms with Gasteiger partial charge in [-0.1, -0.05) is 30.2 Å². The van der Waals surface area contributed by atoms with Gasteiger partial charge in [-0.15, -0.1) is 0 Å². The molecule has 2 N–H and O–H groups in total. The SMILES string of the molecule is NCC1CCCCN1Cc1ncc(-c2cccc(Cl)c2)o1. The molecule has 0 bridgehead atoms. The number of hydrogen-bond acceptors (Lipinski definition) is 4. The van der Waals surface area contributed by atoms with Crippen LogP contribution in [0.25, 0.3) is 11.3 Å². The number of aromatic nitrogens is 1. The molecule has 1 aromatic carbocycles. The van der Waals surface area contributed by atoms with E-state index < -0.39 is 0 Å². The van der Waals surface area contributed by atoms with E-state index in [1.807, 2.05) is 24.3 Å². The number of halogens is 1. The van der Waals surface area contributed by atoms with E-state index in [1.54, 1.807) is 6.20 Å². The predicted molar refractivity (Wildman–Crippen MR) is 84.1 cm³/mol. The molecule has 0 saturated carbocycles. The van der Waals surface area contributed by atoms with Crippen molar-refractivity contribution < 1.29 is 4.42 Å². The summed E-state index contributed by atoms with van der Waals surface area (Å²) in [5.41, 5.74) is 6.81. The van der Waals surface area contributed by atoms with Gasteiger partial charge in [0.15, 0.2) is 5.76 Å². The number of oxazole rings is 1. The molecule has 0 spiro atoms. The Kier molecular flexibility index (Phi) is 4.58. The first-order valence-electron chi connectivity index (χ1n) is 7.41. The summed E-state index contributed by atoms with van der Waals surface area (Å²) in [6.45, 7) is 2.49. The van der Waals surface area contributed by atoms with Crippen LogP contribution in [-0.4, -0.2) is 29.0 Å². The average molecular weight is 306 g/mol. The first kappa shape index (κ1) is 14.6. The van der Waals surface area contributed by atoms with Crippen molar-refractivity contribution in [2.45, 2.75) is 31.8 Å². The highest BCUT2D eigenvalue weighted by Gasteiger charge is 2.22. The number of nitrogens with two attached hydrogens (primary N) is 1. The molecule has 1 aromatic heterocycles. The van der Waals surface area contributed by atoms with E-state index in [0.717, 1.165) is 30.3 Å². The largest absolute Gasteiger partial charge is 0.439 e. The second-order valence-electron chi connectivity index (χ2n) is 5.48. The van der Waals surface area contributed by atoms with Gasteiger partial charge >= 0.3 is 0 Å². The van der Waals surface area contributed by atoms with Crippen LogP contribution >= 0.6 is 11.6 Å². The van der Waals surface area contributed by atoms with E-state index in [4.69, 9.17) is 21.8 Å². The van der Waals surface area contributed by atoms with E-state index in [9.17, 15) is 0 Å². The summed E-state index contributed by atoms with van der Waals surface area (Å²) in [7, 11) is 0. The minimum Gasteiger partial charge on any atom is -0.439 e. The fourth-order valence-corrected chi connectivity index (χ4v) is 3.06. The summed E-state index contributed by atoms with van der Waals surface area (Å²) in [4.78, 5) is 6.76. The van der Waals surface area contributed by atoms with Crippen molar-refractivity contribution in [2.75, 3.05) is 13.1 Å². The molecule has 0 amide bonds. The summed E-state index contributed by atoms with van der Waals surface area (Å²) in [5.74, 6) is 1.50. The maximum atomic E-state index is 6.01. The van der Waals surface area contributed by atoms with Crippen molar-refractivity contribution in [3.63, 3.8) is 0 Å². The third-order valence-electron chi connectivity index (χ3n) is 4.02. The molecule has 3 rings (SSSR count). The van der Waals surface area contributed by atoms with E-state index in [-0.39, 0.29) is 0 Å². The third kappa shape index (κ3) is 3.46. The van der Waals surface area contributed by atoms with Crippen LogP contribution in [-0.2, 0) is 6.54 Å². The Morgan fingerprint density at radius 1 is 1.38 bits per heavy atom. The lowest BCUT2D eigenvalue weighted by Crippen LogP contribution is -2.43. The standard InChI is InChI=1S/C16H20ClN3O/c17-13-5-3-4-12(8-13)15-10-19-16(21-15)11-20-7-2-1-6-14(20)9-18/h3-5,8,10,14H,1-2,6-7,9,11,18H2. The Morgan fingerprint density at radius 2 is 2.29 bits per heavy atom. The molecule has 112 valence electrons. The normalized spacial score (nSPS) is 19.8. The van der Waals surface area contributed by atoms with E-state index in [1.165, 1.54) is 19.3 Å². The molecule has 1 atom stereocenters. The van der Waals surface area contributed by atoms with Gasteiger partial charge in [0.1, 0.15) is 0 Å². The predicted octanol–water partition coefficient (Wildman–Crippen LogP) is 3.31. The summed E-state index contributed by atoms with van der Waals surface area (Å²) < 4.78 is 5.87. The highest BCUT2D eigenvalue weighted by Crippen LogP contribution is 2.25. The smallest absolute Gasteiger partial charge is 0.209 e. The number of rotatable bonds is 4. The summed E-state index contributed by atoms with van der Waals surface area (Å²) >= 11 is 6.01. The van der Waals surface area contributed by atoms with Gasteiger partial charge in [0.05, 0.1) is 12.7 Å². The highest BCUT2D eigenvalue weighted by molar-refractivity contribution is 6.30. The first-order valence-corrected chi connectivity index (χ1v) is 7.79. The number of piperidine rings is 1. The summed E-state index contributed by atoms with van der Waals surface area (Å²) in [6.07, 6.45) is 5.41. The van der Waals surface area contributed by atoms with Crippen LogP contribution in [0.15, 0.2) is 34.9 Å². The molecule has 5 heteroatoms. The molecule has 0 radical (unpaired) electrons. The second-order valence-corrected chi connectivity index (χ2v) is 5.92. The Morgan fingerprint density at radius 3 is 3.10 bits per heavy atom. The molecule has 1 unspecified atom stereocenters. The molecule has 4 nitrogen and oxygen atoms in total. The van der Waals surface area contributed by atoms with Crippen molar-refractivity contribution in [1.82, 2.24) is 9.88 Å². The van der Waals surface area contributed by atoms with Crippen molar-refractivity contribution in [2.24, 2.45) is 5.73 Å². The molecular weight excluding hydrogens is 286 g/mol. The quantitative estimate of drug-likeness (QED) is 0.941. The molecule has 1 aliphatic rings. The van der Waals surface area contributed by atoms with Gasteiger partial charge in [-0.3, -0.25) is 4.90 Å². The lowest BCUT2D eigenvalue weighted by Gasteiger charge is -2.33. The third-order valence-corrected chi connectivity index (χ3v) is 4.26. The van der Waals surface area contributed by atoms with Crippen LogP contribution in [0.3, 0.4) is 0 Å². The molecule has 21 heavy (non-hydrogen) atoms. The van der Waals surface area contributed by atoms with Crippen LogP contribution in [0.5, 0.6) is 0 Å². The fraction of sp³-hybridized carbons (Fsp3) is 0.438. The maximum Gasteiger partial charge on any atom is 0.209 e. The summed E-state index contributed by atoms with van der Waals surface area (Å²) in [6, 6.07) is 8.06. The number of benzene rings is 1. The zero-order valence-corrected chi connectivity index (χ0v) is 12.7. The molecule has 1 fully saturated rings. The fourth-order valence-electron chi connectivity index (χ4n) is 2.87. The van der Waals surface area contributed by atoms with Gasteiger partial charge in [-0.05, 0) is 31.5 Å². The van der Waals surface area contributed by atoms with E-state index >= 15 is 0 Å². The zero-order chi connectivity index (χ0) is 14.7. The lowest BCUT2D eigenvalue weighted by molar-refractivity contribution is 0.132. The van der Waals surface area contributed by atoms with Crippen LogP contribution < -0.4 is 5.73 Å².